The van der Waals surface area contributed by atoms with Crippen molar-refractivity contribution in [2.75, 3.05) is 5.75 Å². The molecule has 3 heterocycles. The van der Waals surface area contributed by atoms with E-state index in [2.05, 4.69) is 16.8 Å². The van der Waals surface area contributed by atoms with Gasteiger partial charge in [-0.25, -0.2) is 0 Å². The first-order valence-electron chi connectivity index (χ1n) is 8.34. The Kier molecular flexibility index (Phi) is 4.17. The van der Waals surface area contributed by atoms with Gasteiger partial charge in [0.25, 0.3) is 5.69 Å². The number of para-hydroxylation sites is 1. The van der Waals surface area contributed by atoms with Crippen molar-refractivity contribution in [1.29, 1.82) is 0 Å². The van der Waals surface area contributed by atoms with E-state index in [9.17, 15) is 10.1 Å². The molecule has 0 spiro atoms. The highest BCUT2D eigenvalue weighted by Gasteiger charge is 2.47. The molecule has 0 aliphatic carbocycles. The fourth-order valence-corrected chi connectivity index (χ4v) is 4.93. The number of nitro groups is 1. The van der Waals surface area contributed by atoms with Gasteiger partial charge in [-0.05, 0) is 24.6 Å². The summed E-state index contributed by atoms with van der Waals surface area (Å²) in [6, 6.07) is 12.7. The zero-order chi connectivity index (χ0) is 17.4. The van der Waals surface area contributed by atoms with E-state index in [0.29, 0.717) is 11.6 Å². The fraction of sp³-hybridized carbons (Fsp3) is 0.333. The van der Waals surface area contributed by atoms with Crippen molar-refractivity contribution in [2.24, 2.45) is 4.99 Å². The Balaban J connectivity index is 1.85. The second-order valence-corrected chi connectivity index (χ2v) is 7.14. The van der Waals surface area contributed by atoms with Gasteiger partial charge in [0.2, 0.25) is 0 Å². The second kappa shape index (κ2) is 6.48. The SMILES string of the molecule is CC[C@@H]1CSC2=N[C@@H](c3ccccn3)[C@@H](c3ccccc3[N+](=O)[O-])N21. The van der Waals surface area contributed by atoms with E-state index < -0.39 is 0 Å². The average Bonchev–Trinajstić information content (AvgIpc) is 3.21. The average molecular weight is 354 g/mol. The molecule has 0 unspecified atom stereocenters. The molecule has 1 fully saturated rings. The molecule has 1 saturated heterocycles. The van der Waals surface area contributed by atoms with Crippen LogP contribution in [0.25, 0.3) is 0 Å². The first-order chi connectivity index (χ1) is 12.2. The van der Waals surface area contributed by atoms with Gasteiger partial charge >= 0.3 is 0 Å². The van der Waals surface area contributed by atoms with Crippen molar-refractivity contribution in [3.63, 3.8) is 0 Å². The standard InChI is InChI=1S/C18H18N4O2S/c1-2-12-11-25-18-20-16(14-8-5-6-10-19-14)17(21(12)18)13-7-3-4-9-15(13)22(23)24/h3-10,12,16-17H,2,11H2,1H3/t12-,16+,17-/m1/s1. The molecular formula is C18H18N4O2S. The number of aromatic nitrogens is 1. The van der Waals surface area contributed by atoms with Crippen LogP contribution in [0.5, 0.6) is 0 Å². The van der Waals surface area contributed by atoms with Crippen LogP contribution < -0.4 is 0 Å². The van der Waals surface area contributed by atoms with Crippen LogP contribution in [0.4, 0.5) is 5.69 Å². The van der Waals surface area contributed by atoms with E-state index in [1.165, 1.54) is 0 Å². The normalized spacial score (nSPS) is 24.9. The summed E-state index contributed by atoms with van der Waals surface area (Å²) in [4.78, 5) is 22.9. The number of thioether (sulfide) groups is 1. The first-order valence-corrected chi connectivity index (χ1v) is 9.32. The highest BCUT2D eigenvalue weighted by Crippen LogP contribution is 2.50. The lowest BCUT2D eigenvalue weighted by Gasteiger charge is -2.31. The Labute approximate surface area is 150 Å². The Morgan fingerprint density at radius 1 is 1.28 bits per heavy atom. The number of nitrogens with zero attached hydrogens (tertiary/aromatic N) is 4. The van der Waals surface area contributed by atoms with Crippen molar-refractivity contribution in [3.05, 3.63) is 70.0 Å². The van der Waals surface area contributed by atoms with Crippen LogP contribution in [0.1, 0.15) is 36.7 Å². The zero-order valence-electron chi connectivity index (χ0n) is 13.8. The van der Waals surface area contributed by atoms with Crippen molar-refractivity contribution in [1.82, 2.24) is 9.88 Å². The summed E-state index contributed by atoms with van der Waals surface area (Å²) in [6.07, 6.45) is 2.73. The molecule has 25 heavy (non-hydrogen) atoms. The van der Waals surface area contributed by atoms with Gasteiger partial charge in [-0.15, -0.1) is 0 Å². The molecule has 0 saturated carbocycles. The molecule has 0 bridgehead atoms. The Hall–Kier alpha value is -2.41. The highest BCUT2D eigenvalue weighted by molar-refractivity contribution is 8.14. The summed E-state index contributed by atoms with van der Waals surface area (Å²) in [5, 5.41) is 12.6. The molecule has 1 aromatic carbocycles. The molecule has 3 atom stereocenters. The van der Waals surface area contributed by atoms with Gasteiger partial charge in [0.15, 0.2) is 5.17 Å². The topological polar surface area (TPSA) is 71.6 Å². The summed E-state index contributed by atoms with van der Waals surface area (Å²) in [6.45, 7) is 2.15. The minimum atomic E-state index is -0.299. The minimum absolute atomic E-state index is 0.150. The first kappa shape index (κ1) is 16.1. The number of amidine groups is 1. The third-order valence-electron chi connectivity index (χ3n) is 4.78. The van der Waals surface area contributed by atoms with Crippen molar-refractivity contribution in [3.8, 4) is 0 Å². The molecule has 0 N–H and O–H groups in total. The van der Waals surface area contributed by atoms with Crippen LogP contribution >= 0.6 is 11.8 Å². The number of hydrogen-bond donors (Lipinski definition) is 0. The van der Waals surface area contributed by atoms with Gasteiger partial charge in [0.05, 0.1) is 22.2 Å². The Morgan fingerprint density at radius 3 is 2.80 bits per heavy atom. The summed E-state index contributed by atoms with van der Waals surface area (Å²) in [5.41, 5.74) is 1.71. The maximum absolute atomic E-state index is 11.6. The molecule has 2 aromatic rings. The van der Waals surface area contributed by atoms with Crippen molar-refractivity contribution >= 4 is 22.6 Å². The molecule has 6 nitrogen and oxygen atoms in total. The molecule has 2 aliphatic rings. The third-order valence-corrected chi connectivity index (χ3v) is 5.91. The van der Waals surface area contributed by atoms with Gasteiger partial charge in [0.1, 0.15) is 6.04 Å². The van der Waals surface area contributed by atoms with E-state index in [4.69, 9.17) is 4.99 Å². The Bertz CT molecular complexity index is 827. The van der Waals surface area contributed by atoms with Crippen LogP contribution in [-0.4, -0.2) is 31.8 Å². The van der Waals surface area contributed by atoms with Crippen LogP contribution in [0.15, 0.2) is 53.7 Å². The van der Waals surface area contributed by atoms with Crippen molar-refractivity contribution in [2.45, 2.75) is 31.5 Å². The molecule has 2 aliphatic heterocycles. The summed E-state index contributed by atoms with van der Waals surface area (Å²) in [7, 11) is 0. The van der Waals surface area contributed by atoms with Gasteiger partial charge in [-0.3, -0.25) is 20.1 Å². The van der Waals surface area contributed by atoms with Gasteiger partial charge in [-0.2, -0.15) is 0 Å². The molecule has 0 radical (unpaired) electrons. The van der Waals surface area contributed by atoms with E-state index in [1.807, 2.05) is 30.3 Å². The molecule has 4 rings (SSSR count). The predicted octanol–water partition coefficient (Wildman–Crippen LogP) is 3.97. The molecule has 0 amide bonds. The maximum Gasteiger partial charge on any atom is 0.274 e. The third kappa shape index (κ3) is 2.68. The maximum atomic E-state index is 11.6. The zero-order valence-corrected chi connectivity index (χ0v) is 14.6. The van der Waals surface area contributed by atoms with E-state index >= 15 is 0 Å². The van der Waals surface area contributed by atoms with Crippen LogP contribution in [-0.2, 0) is 0 Å². The summed E-state index contributed by atoms with van der Waals surface area (Å²) < 4.78 is 0. The number of fused-ring (bicyclic) bond motifs is 1. The van der Waals surface area contributed by atoms with E-state index in [1.54, 1.807) is 30.1 Å². The second-order valence-electron chi connectivity index (χ2n) is 6.15. The fourth-order valence-electron chi connectivity index (χ4n) is 3.59. The van der Waals surface area contributed by atoms with E-state index in [0.717, 1.165) is 23.0 Å². The lowest BCUT2D eigenvalue weighted by Crippen LogP contribution is -2.35. The number of pyridine rings is 1. The van der Waals surface area contributed by atoms with Crippen LogP contribution in [0.3, 0.4) is 0 Å². The molecule has 1 aromatic heterocycles. The predicted molar refractivity (Wildman–Crippen MR) is 98.6 cm³/mol. The Morgan fingerprint density at radius 2 is 2.08 bits per heavy atom. The molecule has 128 valence electrons. The smallest absolute Gasteiger partial charge is 0.274 e. The largest absolute Gasteiger partial charge is 0.338 e. The lowest BCUT2D eigenvalue weighted by atomic mass is 9.94. The number of hydrogen-bond acceptors (Lipinski definition) is 6. The van der Waals surface area contributed by atoms with Gasteiger partial charge in [-0.1, -0.05) is 36.9 Å². The lowest BCUT2D eigenvalue weighted by molar-refractivity contribution is -0.386. The minimum Gasteiger partial charge on any atom is -0.338 e. The number of nitro benzene ring substituents is 1. The van der Waals surface area contributed by atoms with Crippen molar-refractivity contribution < 1.29 is 4.92 Å². The molecule has 7 heteroatoms. The summed E-state index contributed by atoms with van der Waals surface area (Å²) in [5.74, 6) is 0.974. The van der Waals surface area contributed by atoms with Gasteiger partial charge < -0.3 is 4.90 Å². The van der Waals surface area contributed by atoms with Crippen LogP contribution in [0, 0.1) is 10.1 Å². The molecular weight excluding hydrogens is 336 g/mol. The number of benzene rings is 1. The monoisotopic (exact) mass is 354 g/mol. The summed E-state index contributed by atoms with van der Waals surface area (Å²) >= 11 is 1.74. The number of aliphatic imine (C=N–C) groups is 1. The van der Waals surface area contributed by atoms with Gasteiger partial charge in [0, 0.05) is 24.1 Å². The quantitative estimate of drug-likeness (QED) is 0.614. The highest BCUT2D eigenvalue weighted by atomic mass is 32.2. The number of rotatable bonds is 4. The van der Waals surface area contributed by atoms with E-state index in [-0.39, 0.29) is 22.7 Å². The van der Waals surface area contributed by atoms with Crippen LogP contribution in [0.2, 0.25) is 0 Å².